The van der Waals surface area contributed by atoms with E-state index in [0.717, 1.165) is 16.7 Å². The minimum absolute atomic E-state index is 0.0772. The molecule has 0 saturated carbocycles. The van der Waals surface area contributed by atoms with Crippen LogP contribution in [-0.2, 0) is 16.1 Å². The highest BCUT2D eigenvalue weighted by Crippen LogP contribution is 2.49. The lowest BCUT2D eigenvalue weighted by atomic mass is 9.77. The van der Waals surface area contributed by atoms with E-state index in [1.165, 1.54) is 4.90 Å². The number of allylic oxidation sites excluding steroid dienone is 2. The molecule has 0 radical (unpaired) electrons. The van der Waals surface area contributed by atoms with Crippen LogP contribution in [0.5, 0.6) is 0 Å². The van der Waals surface area contributed by atoms with Crippen LogP contribution in [0.25, 0.3) is 0 Å². The number of aliphatic carboxylic acids is 1. The normalized spacial score (nSPS) is 22.5. The van der Waals surface area contributed by atoms with E-state index >= 15 is 0 Å². The number of carbonyl (C=O) groups excluding carboxylic acids is 1. The molecule has 2 aromatic carbocycles. The van der Waals surface area contributed by atoms with Crippen molar-refractivity contribution in [1.82, 2.24) is 0 Å². The molecule has 2 aliphatic rings. The van der Waals surface area contributed by atoms with Gasteiger partial charge in [0.2, 0.25) is 0 Å². The Hall–Kier alpha value is -2.79. The SMILES string of the molecule is Cc1cc(Cl)cc2c1N(C(=O)OCc1ccccc1)[C@H](C(=O)O)[C@@H]1CC=C[C@H]21. The number of hydrogen-bond donors (Lipinski definition) is 1. The van der Waals surface area contributed by atoms with Gasteiger partial charge in [0.15, 0.2) is 0 Å². The molecule has 1 aliphatic carbocycles. The molecule has 144 valence electrons. The minimum atomic E-state index is -1.03. The van der Waals surface area contributed by atoms with Gasteiger partial charge in [0, 0.05) is 16.9 Å². The summed E-state index contributed by atoms with van der Waals surface area (Å²) in [7, 11) is 0. The third-order valence-corrected chi connectivity index (χ3v) is 5.66. The molecular weight excluding hydrogens is 378 g/mol. The van der Waals surface area contributed by atoms with E-state index in [-0.39, 0.29) is 18.4 Å². The molecule has 1 heterocycles. The van der Waals surface area contributed by atoms with E-state index < -0.39 is 18.1 Å². The van der Waals surface area contributed by atoms with Gasteiger partial charge < -0.3 is 9.84 Å². The minimum Gasteiger partial charge on any atom is -0.480 e. The number of fused-ring (bicyclic) bond motifs is 3. The lowest BCUT2D eigenvalue weighted by molar-refractivity contribution is -0.140. The van der Waals surface area contributed by atoms with Gasteiger partial charge in [-0.25, -0.2) is 9.59 Å². The average molecular weight is 398 g/mol. The molecule has 1 aliphatic heterocycles. The Labute approximate surface area is 168 Å². The first-order chi connectivity index (χ1) is 13.5. The topological polar surface area (TPSA) is 66.8 Å². The predicted octanol–water partition coefficient (Wildman–Crippen LogP) is 4.92. The largest absolute Gasteiger partial charge is 0.480 e. The number of amides is 1. The Morgan fingerprint density at radius 1 is 1.25 bits per heavy atom. The number of rotatable bonds is 3. The maximum Gasteiger partial charge on any atom is 0.415 e. The highest BCUT2D eigenvalue weighted by Gasteiger charge is 2.48. The second kappa shape index (κ2) is 7.32. The first-order valence-corrected chi connectivity index (χ1v) is 9.54. The van der Waals surface area contributed by atoms with E-state index in [0.29, 0.717) is 17.1 Å². The Kier molecular flexibility index (Phi) is 4.85. The number of carboxylic acids is 1. The summed E-state index contributed by atoms with van der Waals surface area (Å²) in [5.74, 6) is -1.35. The lowest BCUT2D eigenvalue weighted by Crippen LogP contribution is -2.53. The van der Waals surface area contributed by atoms with Gasteiger partial charge in [0.05, 0.1) is 5.69 Å². The molecule has 0 aromatic heterocycles. The van der Waals surface area contributed by atoms with Crippen LogP contribution in [0, 0.1) is 12.8 Å². The van der Waals surface area contributed by atoms with E-state index in [4.69, 9.17) is 16.3 Å². The summed E-state index contributed by atoms with van der Waals surface area (Å²) in [5.41, 5.74) is 3.05. The standard InChI is InChI=1S/C22H20ClNO4/c1-13-10-15(23)11-18-16-8-5-9-17(16)20(21(25)26)24(19(13)18)22(27)28-12-14-6-3-2-4-7-14/h2-8,10-11,16-17,20H,9,12H2,1H3,(H,25,26)/t16-,17+,20-/m0/s1. The summed E-state index contributed by atoms with van der Waals surface area (Å²) in [6, 6.07) is 11.9. The third kappa shape index (κ3) is 3.16. The molecule has 1 N–H and O–H groups in total. The lowest BCUT2D eigenvalue weighted by Gasteiger charge is -2.42. The number of benzene rings is 2. The molecule has 6 heteroatoms. The smallest absolute Gasteiger partial charge is 0.415 e. The fourth-order valence-corrected chi connectivity index (χ4v) is 4.57. The number of halogens is 1. The number of hydrogen-bond acceptors (Lipinski definition) is 3. The molecule has 3 atom stereocenters. The fourth-order valence-electron chi connectivity index (χ4n) is 4.29. The van der Waals surface area contributed by atoms with Crippen LogP contribution in [0.4, 0.5) is 10.5 Å². The molecule has 0 saturated heterocycles. The van der Waals surface area contributed by atoms with Crippen molar-refractivity contribution in [2.24, 2.45) is 5.92 Å². The van der Waals surface area contributed by atoms with Crippen LogP contribution in [0.1, 0.15) is 29.0 Å². The van der Waals surface area contributed by atoms with Crippen molar-refractivity contribution in [3.63, 3.8) is 0 Å². The number of ether oxygens (including phenoxy) is 1. The van der Waals surface area contributed by atoms with Gasteiger partial charge in [-0.1, -0.05) is 54.1 Å². The van der Waals surface area contributed by atoms with E-state index in [2.05, 4.69) is 0 Å². The third-order valence-electron chi connectivity index (χ3n) is 5.45. The Morgan fingerprint density at radius 3 is 2.71 bits per heavy atom. The number of anilines is 1. The molecular formula is C22H20ClNO4. The monoisotopic (exact) mass is 397 g/mol. The van der Waals surface area contributed by atoms with Gasteiger partial charge in [-0.15, -0.1) is 0 Å². The highest BCUT2D eigenvalue weighted by atomic mass is 35.5. The molecule has 5 nitrogen and oxygen atoms in total. The summed E-state index contributed by atoms with van der Waals surface area (Å²) < 4.78 is 5.51. The summed E-state index contributed by atoms with van der Waals surface area (Å²) in [6.45, 7) is 1.91. The van der Waals surface area contributed by atoms with Crippen LogP contribution < -0.4 is 4.90 Å². The quantitative estimate of drug-likeness (QED) is 0.746. The average Bonchev–Trinajstić information content (AvgIpc) is 3.15. The zero-order valence-electron chi connectivity index (χ0n) is 15.3. The van der Waals surface area contributed by atoms with Gasteiger partial charge in [-0.05, 0) is 42.2 Å². The van der Waals surface area contributed by atoms with Crippen molar-refractivity contribution in [2.45, 2.75) is 31.9 Å². The number of nitrogens with zero attached hydrogens (tertiary/aromatic N) is 1. The fraction of sp³-hybridized carbons (Fsp3) is 0.273. The van der Waals surface area contributed by atoms with Crippen LogP contribution >= 0.6 is 11.6 Å². The second-order valence-corrected chi connectivity index (χ2v) is 7.64. The van der Waals surface area contributed by atoms with E-state index in [1.807, 2.05) is 55.5 Å². The molecule has 0 unspecified atom stereocenters. The van der Waals surface area contributed by atoms with E-state index in [9.17, 15) is 14.7 Å². The van der Waals surface area contributed by atoms with Crippen molar-refractivity contribution in [1.29, 1.82) is 0 Å². The second-order valence-electron chi connectivity index (χ2n) is 7.21. The van der Waals surface area contributed by atoms with Crippen LogP contribution in [0.2, 0.25) is 5.02 Å². The maximum absolute atomic E-state index is 13.1. The summed E-state index contributed by atoms with van der Waals surface area (Å²) in [6.07, 6.45) is 3.93. The van der Waals surface area contributed by atoms with Crippen molar-refractivity contribution >= 4 is 29.4 Å². The maximum atomic E-state index is 13.1. The molecule has 1 amide bonds. The van der Waals surface area contributed by atoms with Crippen LogP contribution in [-0.4, -0.2) is 23.2 Å². The van der Waals surface area contributed by atoms with Gasteiger partial charge in [-0.3, -0.25) is 4.90 Å². The van der Waals surface area contributed by atoms with Gasteiger partial charge in [-0.2, -0.15) is 0 Å². The summed E-state index contributed by atoms with van der Waals surface area (Å²) >= 11 is 6.26. The van der Waals surface area contributed by atoms with Crippen molar-refractivity contribution in [3.8, 4) is 0 Å². The van der Waals surface area contributed by atoms with E-state index in [1.54, 1.807) is 6.07 Å². The van der Waals surface area contributed by atoms with Crippen molar-refractivity contribution in [3.05, 3.63) is 76.3 Å². The number of aryl methyl sites for hydroxylation is 1. The predicted molar refractivity (Wildman–Crippen MR) is 107 cm³/mol. The summed E-state index contributed by atoms with van der Waals surface area (Å²) in [4.78, 5) is 26.5. The zero-order valence-corrected chi connectivity index (χ0v) is 16.1. The van der Waals surface area contributed by atoms with Crippen molar-refractivity contribution < 1.29 is 19.4 Å². The van der Waals surface area contributed by atoms with Gasteiger partial charge >= 0.3 is 12.1 Å². The molecule has 0 spiro atoms. The van der Waals surface area contributed by atoms with Crippen LogP contribution in [0.15, 0.2) is 54.6 Å². The molecule has 28 heavy (non-hydrogen) atoms. The Bertz CT molecular complexity index is 957. The Balaban J connectivity index is 1.74. The van der Waals surface area contributed by atoms with Crippen LogP contribution in [0.3, 0.4) is 0 Å². The number of carboxylic acid groups (broad SMARTS) is 1. The van der Waals surface area contributed by atoms with Gasteiger partial charge in [0.25, 0.3) is 0 Å². The molecule has 2 aromatic rings. The number of carbonyl (C=O) groups is 2. The Morgan fingerprint density at radius 2 is 2.00 bits per heavy atom. The molecule has 0 bridgehead atoms. The van der Waals surface area contributed by atoms with Gasteiger partial charge in [0.1, 0.15) is 12.6 Å². The first kappa shape index (κ1) is 18.6. The first-order valence-electron chi connectivity index (χ1n) is 9.17. The molecule has 4 rings (SSSR count). The summed E-state index contributed by atoms with van der Waals surface area (Å²) in [5, 5.41) is 10.5. The zero-order chi connectivity index (χ0) is 19.8. The highest BCUT2D eigenvalue weighted by molar-refractivity contribution is 6.31. The van der Waals surface area contributed by atoms with Crippen molar-refractivity contribution in [2.75, 3.05) is 4.90 Å². The molecule has 0 fully saturated rings.